The highest BCUT2D eigenvalue weighted by Crippen LogP contribution is 2.18. The van der Waals surface area contributed by atoms with Gasteiger partial charge in [-0.05, 0) is 52.2 Å². The number of nitrogens with zero attached hydrogens (tertiary/aromatic N) is 1. The molecular formula is C12H26N2O2S. The van der Waals surface area contributed by atoms with Crippen molar-refractivity contribution in [1.82, 2.24) is 10.2 Å². The first-order valence-electron chi connectivity index (χ1n) is 6.48. The van der Waals surface area contributed by atoms with E-state index in [0.717, 1.165) is 13.1 Å². The van der Waals surface area contributed by atoms with Gasteiger partial charge >= 0.3 is 0 Å². The van der Waals surface area contributed by atoms with Gasteiger partial charge in [-0.2, -0.15) is 0 Å². The monoisotopic (exact) mass is 262 g/mol. The van der Waals surface area contributed by atoms with Crippen molar-refractivity contribution in [3.05, 3.63) is 0 Å². The first-order chi connectivity index (χ1) is 7.88. The summed E-state index contributed by atoms with van der Waals surface area (Å²) in [6, 6.07) is 0.484. The fraction of sp³-hybridized carbons (Fsp3) is 1.00. The number of rotatable bonds is 6. The van der Waals surface area contributed by atoms with Gasteiger partial charge in [0, 0.05) is 18.8 Å². The third-order valence-electron chi connectivity index (χ3n) is 3.53. The molecule has 0 spiro atoms. The Morgan fingerprint density at radius 2 is 2.18 bits per heavy atom. The summed E-state index contributed by atoms with van der Waals surface area (Å²) in [7, 11) is -0.635. The summed E-state index contributed by atoms with van der Waals surface area (Å²) in [5.74, 6) is 0.990. The summed E-state index contributed by atoms with van der Waals surface area (Å²) in [6.45, 7) is 5.37. The number of hydrogen-bond donors (Lipinski definition) is 1. The van der Waals surface area contributed by atoms with Gasteiger partial charge in [0.15, 0.2) is 0 Å². The van der Waals surface area contributed by atoms with Crippen molar-refractivity contribution in [3.63, 3.8) is 0 Å². The molecule has 0 saturated carbocycles. The van der Waals surface area contributed by atoms with E-state index < -0.39 is 9.84 Å². The minimum absolute atomic E-state index is 0.289. The lowest BCUT2D eigenvalue weighted by atomic mass is 9.92. The maximum atomic E-state index is 11.0. The average Bonchev–Trinajstić information content (AvgIpc) is 2.23. The summed E-state index contributed by atoms with van der Waals surface area (Å²) in [5, 5.41) is 3.45. The molecule has 1 aliphatic heterocycles. The maximum absolute atomic E-state index is 11.0. The highest BCUT2D eigenvalue weighted by atomic mass is 32.2. The summed E-state index contributed by atoms with van der Waals surface area (Å²) >= 11 is 0. The van der Waals surface area contributed by atoms with Gasteiger partial charge in [-0.25, -0.2) is 8.42 Å². The van der Waals surface area contributed by atoms with E-state index >= 15 is 0 Å². The number of likely N-dealkylation sites (tertiary alicyclic amines) is 1. The molecule has 1 aliphatic rings. The second kappa shape index (κ2) is 6.71. The standard InChI is InChI=1S/C12H26N2O2S/c1-11(12-6-4-8-14(2)10-12)13-7-5-9-17(3,15)16/h11-13H,4-10H2,1-3H3. The Balaban J connectivity index is 2.18. The first-order valence-corrected chi connectivity index (χ1v) is 8.54. The van der Waals surface area contributed by atoms with Crippen LogP contribution in [0.2, 0.25) is 0 Å². The van der Waals surface area contributed by atoms with E-state index in [1.54, 1.807) is 0 Å². The van der Waals surface area contributed by atoms with Gasteiger partial charge in [-0.3, -0.25) is 0 Å². The van der Waals surface area contributed by atoms with Crippen molar-refractivity contribution >= 4 is 9.84 Å². The van der Waals surface area contributed by atoms with Crippen LogP contribution in [0.1, 0.15) is 26.2 Å². The fourth-order valence-electron chi connectivity index (χ4n) is 2.45. The summed E-state index contributed by atoms with van der Waals surface area (Å²) in [6.07, 6.45) is 4.57. The molecule has 102 valence electrons. The molecule has 0 radical (unpaired) electrons. The number of hydrogen-bond acceptors (Lipinski definition) is 4. The average molecular weight is 262 g/mol. The molecule has 1 heterocycles. The summed E-state index contributed by atoms with van der Waals surface area (Å²) in [5.41, 5.74) is 0. The normalized spacial score (nSPS) is 24.8. The highest BCUT2D eigenvalue weighted by Gasteiger charge is 2.22. The minimum atomic E-state index is -2.80. The van der Waals surface area contributed by atoms with Crippen LogP contribution in [0.4, 0.5) is 0 Å². The van der Waals surface area contributed by atoms with Crippen LogP contribution in [0, 0.1) is 5.92 Å². The molecule has 17 heavy (non-hydrogen) atoms. The van der Waals surface area contributed by atoms with Gasteiger partial charge < -0.3 is 10.2 Å². The molecule has 4 nitrogen and oxygen atoms in total. The first kappa shape index (κ1) is 14.9. The third kappa shape index (κ3) is 6.38. The molecule has 5 heteroatoms. The zero-order valence-electron chi connectivity index (χ0n) is 11.3. The molecule has 0 bridgehead atoms. The van der Waals surface area contributed by atoms with E-state index in [9.17, 15) is 8.42 Å². The molecule has 1 saturated heterocycles. The lowest BCUT2D eigenvalue weighted by Gasteiger charge is -2.34. The van der Waals surface area contributed by atoms with E-state index in [1.165, 1.54) is 25.6 Å². The topological polar surface area (TPSA) is 49.4 Å². The van der Waals surface area contributed by atoms with Gasteiger partial charge in [0.25, 0.3) is 0 Å². The molecule has 2 atom stereocenters. The molecule has 0 aromatic heterocycles. The van der Waals surface area contributed by atoms with Crippen molar-refractivity contribution in [3.8, 4) is 0 Å². The molecule has 1 fully saturated rings. The number of nitrogens with one attached hydrogen (secondary N) is 1. The molecule has 0 aliphatic carbocycles. The fourth-order valence-corrected chi connectivity index (χ4v) is 3.11. The second-order valence-electron chi connectivity index (χ2n) is 5.39. The van der Waals surface area contributed by atoms with Crippen molar-refractivity contribution in [1.29, 1.82) is 0 Å². The van der Waals surface area contributed by atoms with Crippen LogP contribution in [0.5, 0.6) is 0 Å². The van der Waals surface area contributed by atoms with E-state index in [1.807, 2.05) is 0 Å². The summed E-state index contributed by atoms with van der Waals surface area (Å²) in [4.78, 5) is 2.38. The Kier molecular flexibility index (Phi) is 5.89. The molecule has 0 amide bonds. The highest BCUT2D eigenvalue weighted by molar-refractivity contribution is 7.90. The number of piperidine rings is 1. The zero-order valence-corrected chi connectivity index (χ0v) is 12.1. The van der Waals surface area contributed by atoms with E-state index in [0.29, 0.717) is 18.4 Å². The van der Waals surface area contributed by atoms with E-state index in [-0.39, 0.29) is 5.75 Å². The summed E-state index contributed by atoms with van der Waals surface area (Å²) < 4.78 is 22.0. The van der Waals surface area contributed by atoms with E-state index in [2.05, 4.69) is 24.2 Å². The maximum Gasteiger partial charge on any atom is 0.147 e. The van der Waals surface area contributed by atoms with E-state index in [4.69, 9.17) is 0 Å². The Morgan fingerprint density at radius 3 is 2.76 bits per heavy atom. The molecule has 0 aromatic carbocycles. The van der Waals surface area contributed by atoms with Crippen LogP contribution in [-0.4, -0.2) is 58.1 Å². The largest absolute Gasteiger partial charge is 0.314 e. The second-order valence-corrected chi connectivity index (χ2v) is 7.65. The third-order valence-corrected chi connectivity index (χ3v) is 4.56. The smallest absolute Gasteiger partial charge is 0.147 e. The van der Waals surface area contributed by atoms with Crippen LogP contribution in [-0.2, 0) is 9.84 Å². The van der Waals surface area contributed by atoms with Crippen LogP contribution >= 0.6 is 0 Å². The van der Waals surface area contributed by atoms with Crippen LogP contribution < -0.4 is 5.32 Å². The Hall–Kier alpha value is -0.130. The van der Waals surface area contributed by atoms with Crippen molar-refractivity contribution < 1.29 is 8.42 Å². The van der Waals surface area contributed by atoms with Crippen molar-refractivity contribution in [2.24, 2.45) is 5.92 Å². The molecule has 2 unspecified atom stereocenters. The van der Waals surface area contributed by atoms with Crippen molar-refractivity contribution in [2.75, 3.05) is 38.7 Å². The predicted molar refractivity (Wildman–Crippen MR) is 72.0 cm³/mol. The van der Waals surface area contributed by atoms with Gasteiger partial charge in [-0.1, -0.05) is 0 Å². The van der Waals surface area contributed by atoms with Gasteiger partial charge in [-0.15, -0.1) is 0 Å². The van der Waals surface area contributed by atoms with Gasteiger partial charge in [0.2, 0.25) is 0 Å². The van der Waals surface area contributed by atoms with Gasteiger partial charge in [0.1, 0.15) is 9.84 Å². The Morgan fingerprint density at radius 1 is 1.47 bits per heavy atom. The molecule has 1 rings (SSSR count). The molecule has 1 N–H and O–H groups in total. The predicted octanol–water partition coefficient (Wildman–Crippen LogP) is 0.741. The Bertz CT molecular complexity index is 316. The zero-order chi connectivity index (χ0) is 12.9. The van der Waals surface area contributed by atoms with Crippen molar-refractivity contribution in [2.45, 2.75) is 32.2 Å². The Labute approximate surface area is 106 Å². The minimum Gasteiger partial charge on any atom is -0.314 e. The van der Waals surface area contributed by atoms with Gasteiger partial charge in [0.05, 0.1) is 5.75 Å². The lowest BCUT2D eigenvalue weighted by Crippen LogP contribution is -2.43. The number of sulfone groups is 1. The lowest BCUT2D eigenvalue weighted by molar-refractivity contribution is 0.179. The van der Waals surface area contributed by atoms with Crippen LogP contribution in [0.3, 0.4) is 0 Å². The quantitative estimate of drug-likeness (QED) is 0.717. The SMILES string of the molecule is CC(NCCCS(C)(=O)=O)C1CCCN(C)C1. The molecular weight excluding hydrogens is 236 g/mol. The van der Waals surface area contributed by atoms with Crippen LogP contribution in [0.25, 0.3) is 0 Å². The van der Waals surface area contributed by atoms with Crippen LogP contribution in [0.15, 0.2) is 0 Å². The molecule has 0 aromatic rings.